The molecule has 3 rings (SSSR count). The number of aromatic nitrogens is 3. The zero-order valence-corrected chi connectivity index (χ0v) is 20.2. The molecular formula is C23H28N4O3S2. The topological polar surface area (TPSA) is 88.4 Å². The molecule has 0 fully saturated rings. The number of thioether (sulfide) groups is 1. The van der Waals surface area contributed by atoms with Crippen molar-refractivity contribution in [1.82, 2.24) is 15.0 Å². The number of carbonyl (C=O) groups is 1. The summed E-state index contributed by atoms with van der Waals surface area (Å²) in [6, 6.07) is 9.72. The molecule has 1 aromatic carbocycles. The number of aryl methyl sites for hydroxylation is 1. The van der Waals surface area contributed by atoms with Gasteiger partial charge in [0.1, 0.15) is 17.1 Å². The average Bonchev–Trinajstić information content (AvgIpc) is 3.23. The van der Waals surface area contributed by atoms with Gasteiger partial charge in [-0.2, -0.15) is 0 Å². The Morgan fingerprint density at radius 3 is 2.56 bits per heavy atom. The summed E-state index contributed by atoms with van der Waals surface area (Å²) in [5, 5.41) is 11.3. The lowest BCUT2D eigenvalue weighted by atomic mass is 10.2. The fourth-order valence-electron chi connectivity index (χ4n) is 2.76. The van der Waals surface area contributed by atoms with E-state index in [1.54, 1.807) is 13.8 Å². The van der Waals surface area contributed by atoms with Gasteiger partial charge in [-0.1, -0.05) is 36.9 Å². The molecule has 9 heteroatoms. The number of thiazole rings is 1. The number of anilines is 1. The molecule has 0 unspecified atom stereocenters. The zero-order chi connectivity index (χ0) is 23.0. The van der Waals surface area contributed by atoms with Crippen molar-refractivity contribution in [3.8, 4) is 5.75 Å². The third-order valence-electron chi connectivity index (χ3n) is 4.78. The van der Waals surface area contributed by atoms with E-state index in [1.807, 2.05) is 48.1 Å². The molecule has 0 amide bonds. The first kappa shape index (κ1) is 24.0. The van der Waals surface area contributed by atoms with E-state index in [1.165, 1.54) is 23.1 Å². The summed E-state index contributed by atoms with van der Waals surface area (Å²) in [5.41, 5.74) is 2.02. The van der Waals surface area contributed by atoms with Crippen molar-refractivity contribution in [3.63, 3.8) is 0 Å². The van der Waals surface area contributed by atoms with Gasteiger partial charge in [-0.25, -0.2) is 15.0 Å². The van der Waals surface area contributed by atoms with Gasteiger partial charge in [-0.3, -0.25) is 4.79 Å². The summed E-state index contributed by atoms with van der Waals surface area (Å²) in [7, 11) is 0. The van der Waals surface area contributed by atoms with Crippen LogP contribution in [-0.4, -0.2) is 50.5 Å². The molecule has 32 heavy (non-hydrogen) atoms. The van der Waals surface area contributed by atoms with Crippen LogP contribution in [0, 0.1) is 0 Å². The molecular weight excluding hydrogens is 444 g/mol. The molecule has 0 spiro atoms. The maximum absolute atomic E-state index is 11.4. The van der Waals surface area contributed by atoms with Gasteiger partial charge >= 0.3 is 5.97 Å². The van der Waals surface area contributed by atoms with Crippen LogP contribution in [0.5, 0.6) is 5.75 Å². The quantitative estimate of drug-likeness (QED) is 0.383. The van der Waals surface area contributed by atoms with Crippen molar-refractivity contribution in [2.75, 3.05) is 24.6 Å². The highest BCUT2D eigenvalue weighted by atomic mass is 32.2. The summed E-state index contributed by atoms with van der Waals surface area (Å²) in [6.45, 7) is 7.28. The number of hydrogen-bond donors (Lipinski definition) is 1. The minimum Gasteiger partial charge on any atom is -0.492 e. The summed E-state index contributed by atoms with van der Waals surface area (Å²) < 4.78 is 5.71. The highest BCUT2D eigenvalue weighted by Crippen LogP contribution is 2.34. The van der Waals surface area contributed by atoms with Crippen LogP contribution in [0.3, 0.4) is 0 Å². The fourth-order valence-corrected chi connectivity index (χ4v) is 4.98. The van der Waals surface area contributed by atoms with Gasteiger partial charge in [0.25, 0.3) is 0 Å². The zero-order valence-electron chi connectivity index (χ0n) is 18.5. The largest absolute Gasteiger partial charge is 0.492 e. The Balaban J connectivity index is 1.63. The molecule has 0 saturated carbocycles. The Kier molecular flexibility index (Phi) is 8.46. The van der Waals surface area contributed by atoms with Gasteiger partial charge in [-0.15, -0.1) is 11.3 Å². The van der Waals surface area contributed by atoms with Crippen LogP contribution < -0.4 is 9.64 Å². The number of hydrogen-bond acceptors (Lipinski definition) is 8. The molecule has 0 atom stereocenters. The predicted molar refractivity (Wildman–Crippen MR) is 129 cm³/mol. The van der Waals surface area contributed by atoms with Crippen LogP contribution in [0.25, 0.3) is 0 Å². The smallest absolute Gasteiger partial charge is 0.319 e. The molecule has 3 aromatic rings. The summed E-state index contributed by atoms with van der Waals surface area (Å²) in [6.07, 6.45) is 5.32. The molecule has 0 bridgehead atoms. The Labute approximate surface area is 196 Å². The van der Waals surface area contributed by atoms with Crippen LogP contribution in [0.15, 0.2) is 52.4 Å². The molecule has 1 N–H and O–H groups in total. The number of para-hydroxylation sites is 1. The molecule has 0 radical (unpaired) electrons. The first-order chi connectivity index (χ1) is 15.4. The van der Waals surface area contributed by atoms with Crippen LogP contribution in [0.1, 0.15) is 32.0 Å². The average molecular weight is 473 g/mol. The molecule has 0 aliphatic rings. The van der Waals surface area contributed by atoms with E-state index in [9.17, 15) is 9.90 Å². The van der Waals surface area contributed by atoms with Gasteiger partial charge in [-0.05, 0) is 38.0 Å². The maximum atomic E-state index is 11.4. The standard InChI is InChI=1S/C23H28N4O3S2/c1-4-17-14-24-21(25-15-17)27(12-13-30-19-8-6-5-7-9-19)11-10-18-16-31-22(26-18)32-23(2,3)20(28)29/h5-9,14-16H,4,10-13H2,1-3H3,(H,28,29). The molecule has 2 heterocycles. The molecule has 2 aromatic heterocycles. The first-order valence-corrected chi connectivity index (χ1v) is 12.2. The number of carboxylic acids is 1. The van der Waals surface area contributed by atoms with E-state index in [2.05, 4.69) is 26.8 Å². The monoisotopic (exact) mass is 472 g/mol. The number of carboxylic acid groups (broad SMARTS) is 1. The van der Waals surface area contributed by atoms with Crippen LogP contribution in [-0.2, 0) is 17.6 Å². The number of aliphatic carboxylic acids is 1. The predicted octanol–water partition coefficient (Wildman–Crippen LogP) is 4.58. The minimum atomic E-state index is -0.912. The third kappa shape index (κ3) is 6.93. The van der Waals surface area contributed by atoms with Crippen molar-refractivity contribution < 1.29 is 14.6 Å². The van der Waals surface area contributed by atoms with Gasteiger partial charge in [0.2, 0.25) is 5.95 Å². The highest BCUT2D eigenvalue weighted by molar-refractivity contribution is 8.02. The Morgan fingerprint density at radius 1 is 1.19 bits per heavy atom. The SMILES string of the molecule is CCc1cnc(N(CCOc2ccccc2)CCc2csc(SC(C)(C)C(=O)O)n2)nc1. The van der Waals surface area contributed by atoms with E-state index in [4.69, 9.17) is 4.74 Å². The maximum Gasteiger partial charge on any atom is 0.319 e. The number of nitrogens with zero attached hydrogens (tertiary/aromatic N) is 4. The first-order valence-electron chi connectivity index (χ1n) is 10.5. The second-order valence-corrected chi connectivity index (χ2v) is 10.4. The number of rotatable bonds is 12. The van der Waals surface area contributed by atoms with Crippen molar-refractivity contribution >= 4 is 35.0 Å². The molecule has 0 saturated heterocycles. The van der Waals surface area contributed by atoms with Gasteiger partial charge < -0.3 is 14.7 Å². The summed E-state index contributed by atoms with van der Waals surface area (Å²) >= 11 is 2.75. The Bertz CT molecular complexity index is 994. The lowest BCUT2D eigenvalue weighted by Gasteiger charge is -2.22. The van der Waals surface area contributed by atoms with E-state index in [0.717, 1.165) is 27.8 Å². The highest BCUT2D eigenvalue weighted by Gasteiger charge is 2.29. The van der Waals surface area contributed by atoms with Gasteiger partial charge in [0.15, 0.2) is 4.34 Å². The molecule has 7 nitrogen and oxygen atoms in total. The van der Waals surface area contributed by atoms with Crippen molar-refractivity contribution in [1.29, 1.82) is 0 Å². The molecule has 0 aliphatic carbocycles. The van der Waals surface area contributed by atoms with E-state index in [-0.39, 0.29) is 0 Å². The van der Waals surface area contributed by atoms with Gasteiger partial charge in [0, 0.05) is 30.7 Å². The molecule has 0 aliphatic heterocycles. The lowest BCUT2D eigenvalue weighted by Crippen LogP contribution is -2.32. The van der Waals surface area contributed by atoms with E-state index in [0.29, 0.717) is 32.1 Å². The third-order valence-corrected chi connectivity index (χ3v) is 6.95. The van der Waals surface area contributed by atoms with Crippen molar-refractivity contribution in [2.24, 2.45) is 0 Å². The van der Waals surface area contributed by atoms with Crippen LogP contribution in [0.4, 0.5) is 5.95 Å². The second-order valence-electron chi connectivity index (χ2n) is 7.67. The number of benzene rings is 1. The second kappa shape index (κ2) is 11.3. The van der Waals surface area contributed by atoms with Crippen molar-refractivity contribution in [3.05, 3.63) is 59.4 Å². The Morgan fingerprint density at radius 2 is 1.91 bits per heavy atom. The number of ether oxygens (including phenoxy) is 1. The Hall–Kier alpha value is -2.65. The summed E-state index contributed by atoms with van der Waals surface area (Å²) in [5.74, 6) is 0.643. The lowest BCUT2D eigenvalue weighted by molar-refractivity contribution is -0.138. The van der Waals surface area contributed by atoms with Crippen molar-refractivity contribution in [2.45, 2.75) is 42.7 Å². The summed E-state index contributed by atoms with van der Waals surface area (Å²) in [4.78, 5) is 27.2. The van der Waals surface area contributed by atoms with Crippen LogP contribution >= 0.6 is 23.1 Å². The van der Waals surface area contributed by atoms with Gasteiger partial charge in [0.05, 0.1) is 12.2 Å². The normalized spacial score (nSPS) is 11.3. The van der Waals surface area contributed by atoms with E-state index >= 15 is 0 Å². The molecule has 170 valence electrons. The van der Waals surface area contributed by atoms with Crippen LogP contribution in [0.2, 0.25) is 0 Å². The van der Waals surface area contributed by atoms with E-state index < -0.39 is 10.7 Å². The fraction of sp³-hybridized carbons (Fsp3) is 0.391. The minimum absolute atomic E-state index is 0.508.